The number of rotatable bonds is 2. The third kappa shape index (κ3) is 2.78. The Morgan fingerprint density at radius 1 is 1.20 bits per heavy atom. The van der Waals surface area contributed by atoms with E-state index in [1.165, 1.54) is 22.7 Å². The number of nitrogens with zero attached hydrogens (tertiary/aromatic N) is 3. The summed E-state index contributed by atoms with van der Waals surface area (Å²) in [6.07, 6.45) is 2.16. The first kappa shape index (κ1) is 15.8. The Hall–Kier alpha value is -2.73. The molecule has 2 aromatic rings. The molecule has 2 aliphatic rings. The highest BCUT2D eigenvalue weighted by Crippen LogP contribution is 2.35. The summed E-state index contributed by atoms with van der Waals surface area (Å²) in [5.41, 5.74) is 3.53. The van der Waals surface area contributed by atoms with Crippen LogP contribution in [0.25, 0.3) is 0 Å². The number of benzene rings is 2. The fraction of sp³-hybridized carbons (Fsp3) is 0.222. The molecule has 0 saturated heterocycles. The lowest BCUT2D eigenvalue weighted by Crippen LogP contribution is -2.39. The van der Waals surface area contributed by atoms with Crippen LogP contribution in [0.1, 0.15) is 24.0 Å². The summed E-state index contributed by atoms with van der Waals surface area (Å²) in [6.45, 7) is 0. The number of non-ortho nitro benzene ring substituents is 1. The molecule has 1 unspecified atom stereocenters. The van der Waals surface area contributed by atoms with E-state index >= 15 is 0 Å². The van der Waals surface area contributed by atoms with Gasteiger partial charge in [-0.1, -0.05) is 17.7 Å². The molecule has 0 bridgehead atoms. The molecule has 0 radical (unpaired) electrons. The smallest absolute Gasteiger partial charge is 0.269 e. The van der Waals surface area contributed by atoms with E-state index in [4.69, 9.17) is 11.6 Å². The number of fused-ring (bicyclic) bond motifs is 3. The molecule has 1 aliphatic heterocycles. The molecule has 0 aromatic heterocycles. The molecule has 1 heterocycles. The number of hydrazone groups is 1. The first-order valence-corrected chi connectivity index (χ1v) is 8.35. The topological polar surface area (TPSA) is 75.8 Å². The molecule has 1 aliphatic carbocycles. The summed E-state index contributed by atoms with van der Waals surface area (Å²) in [7, 11) is 0. The second-order valence-corrected chi connectivity index (χ2v) is 6.64. The average molecular weight is 356 g/mol. The van der Waals surface area contributed by atoms with Gasteiger partial charge < -0.3 is 0 Å². The molecule has 1 amide bonds. The molecule has 25 heavy (non-hydrogen) atoms. The third-order valence-corrected chi connectivity index (χ3v) is 4.90. The van der Waals surface area contributed by atoms with Crippen LogP contribution in [-0.4, -0.2) is 16.5 Å². The maximum absolute atomic E-state index is 12.5. The monoisotopic (exact) mass is 355 g/mol. The van der Waals surface area contributed by atoms with E-state index in [9.17, 15) is 14.9 Å². The average Bonchev–Trinajstić information content (AvgIpc) is 2.61. The van der Waals surface area contributed by atoms with Crippen LogP contribution in [-0.2, 0) is 11.2 Å². The van der Waals surface area contributed by atoms with Crippen molar-refractivity contribution in [2.24, 2.45) is 11.0 Å². The quantitative estimate of drug-likeness (QED) is 0.604. The zero-order valence-corrected chi connectivity index (χ0v) is 13.9. The van der Waals surface area contributed by atoms with Gasteiger partial charge in [0.15, 0.2) is 0 Å². The second-order valence-electron chi connectivity index (χ2n) is 6.21. The number of halogens is 1. The number of amides is 1. The van der Waals surface area contributed by atoms with Gasteiger partial charge in [0.2, 0.25) is 5.91 Å². The second kappa shape index (κ2) is 5.97. The largest absolute Gasteiger partial charge is 0.273 e. The van der Waals surface area contributed by atoms with Crippen LogP contribution in [0.5, 0.6) is 0 Å². The van der Waals surface area contributed by atoms with Gasteiger partial charge in [-0.15, -0.1) is 0 Å². The van der Waals surface area contributed by atoms with Crippen LogP contribution in [0, 0.1) is 16.0 Å². The number of hydrogen-bond donors (Lipinski definition) is 0. The van der Waals surface area contributed by atoms with Gasteiger partial charge in [0.25, 0.3) is 5.69 Å². The lowest BCUT2D eigenvalue weighted by molar-refractivity contribution is -0.384. The van der Waals surface area contributed by atoms with Gasteiger partial charge in [-0.3, -0.25) is 14.9 Å². The summed E-state index contributed by atoms with van der Waals surface area (Å²) < 4.78 is 0. The molecule has 126 valence electrons. The maximum Gasteiger partial charge on any atom is 0.269 e. The molecule has 0 saturated carbocycles. The number of nitro benzene ring substituents is 1. The van der Waals surface area contributed by atoms with E-state index in [0.717, 1.165) is 24.1 Å². The Labute approximate surface area is 148 Å². The van der Waals surface area contributed by atoms with E-state index < -0.39 is 4.92 Å². The SMILES string of the molecule is O=C1CC2CCc3ccc(Cl)cc3C2=NN1c1ccc([N+](=O)[O-])cc1. The van der Waals surface area contributed by atoms with Crippen LogP contribution in [0.2, 0.25) is 5.02 Å². The Morgan fingerprint density at radius 3 is 2.68 bits per heavy atom. The van der Waals surface area contributed by atoms with Crippen LogP contribution in [0.15, 0.2) is 47.6 Å². The van der Waals surface area contributed by atoms with E-state index in [1.807, 2.05) is 18.2 Å². The highest BCUT2D eigenvalue weighted by molar-refractivity contribution is 6.31. The standard InChI is InChI=1S/C18H14ClN3O3/c19-13-4-3-11-1-2-12-9-17(23)21(20-18(12)16(11)10-13)14-5-7-15(8-6-14)22(24)25/h3-8,10,12H,1-2,9H2. The molecular weight excluding hydrogens is 342 g/mol. The van der Waals surface area contributed by atoms with Gasteiger partial charge in [-0.2, -0.15) is 5.10 Å². The van der Waals surface area contributed by atoms with Crippen molar-refractivity contribution in [2.75, 3.05) is 5.01 Å². The summed E-state index contributed by atoms with van der Waals surface area (Å²) in [6, 6.07) is 11.6. The number of nitro groups is 1. The third-order valence-electron chi connectivity index (χ3n) is 4.67. The molecule has 0 spiro atoms. The molecule has 4 rings (SSSR count). The van der Waals surface area contributed by atoms with E-state index in [0.29, 0.717) is 17.1 Å². The first-order chi connectivity index (χ1) is 12.0. The van der Waals surface area contributed by atoms with Crippen molar-refractivity contribution in [3.05, 3.63) is 68.7 Å². The minimum Gasteiger partial charge on any atom is -0.273 e. The van der Waals surface area contributed by atoms with Crippen LogP contribution in [0.3, 0.4) is 0 Å². The summed E-state index contributed by atoms with van der Waals surface area (Å²) in [5, 5.41) is 17.4. The zero-order valence-electron chi connectivity index (χ0n) is 13.2. The summed E-state index contributed by atoms with van der Waals surface area (Å²) in [5.74, 6) is -0.0131. The van der Waals surface area contributed by atoms with Crippen molar-refractivity contribution in [1.29, 1.82) is 0 Å². The van der Waals surface area contributed by atoms with Crippen LogP contribution >= 0.6 is 11.6 Å². The van der Waals surface area contributed by atoms with Crippen molar-refractivity contribution in [3.8, 4) is 0 Å². The Bertz CT molecular complexity index is 908. The fourth-order valence-corrected chi connectivity index (χ4v) is 3.58. The van der Waals surface area contributed by atoms with Crippen LogP contribution < -0.4 is 5.01 Å². The van der Waals surface area contributed by atoms with Crippen molar-refractivity contribution in [2.45, 2.75) is 19.3 Å². The molecule has 0 N–H and O–H groups in total. The normalized spacial score (nSPS) is 19.1. The summed E-state index contributed by atoms with van der Waals surface area (Å²) >= 11 is 6.14. The molecule has 0 fully saturated rings. The van der Waals surface area contributed by atoms with E-state index in [1.54, 1.807) is 12.1 Å². The first-order valence-electron chi connectivity index (χ1n) is 7.97. The Morgan fingerprint density at radius 2 is 1.96 bits per heavy atom. The van der Waals surface area contributed by atoms with Gasteiger partial charge in [-0.25, -0.2) is 5.01 Å². The van der Waals surface area contributed by atoms with E-state index in [2.05, 4.69) is 5.10 Å². The molecule has 6 nitrogen and oxygen atoms in total. The van der Waals surface area contributed by atoms with Crippen molar-refractivity contribution in [1.82, 2.24) is 0 Å². The number of anilines is 1. The van der Waals surface area contributed by atoms with Gasteiger partial charge in [0, 0.05) is 35.1 Å². The highest BCUT2D eigenvalue weighted by Gasteiger charge is 2.34. The molecular formula is C18H14ClN3O3. The number of carbonyl (C=O) groups is 1. The maximum atomic E-state index is 12.5. The lowest BCUT2D eigenvalue weighted by atomic mass is 9.79. The zero-order chi connectivity index (χ0) is 17.6. The van der Waals surface area contributed by atoms with Gasteiger partial charge in [0.05, 0.1) is 16.3 Å². The van der Waals surface area contributed by atoms with Crippen LogP contribution in [0.4, 0.5) is 11.4 Å². The van der Waals surface area contributed by atoms with Gasteiger partial charge in [-0.05, 0) is 42.7 Å². The van der Waals surface area contributed by atoms with Crippen molar-refractivity contribution in [3.63, 3.8) is 0 Å². The van der Waals surface area contributed by atoms with Crippen molar-refractivity contribution < 1.29 is 9.72 Å². The number of carbonyl (C=O) groups excluding carboxylic acids is 1. The predicted octanol–water partition coefficient (Wildman–Crippen LogP) is 3.95. The lowest BCUT2D eigenvalue weighted by Gasteiger charge is -2.33. The molecule has 7 heteroatoms. The highest BCUT2D eigenvalue weighted by atomic mass is 35.5. The molecule has 1 atom stereocenters. The van der Waals surface area contributed by atoms with Crippen molar-refractivity contribution >= 4 is 34.6 Å². The molecule has 2 aromatic carbocycles. The van der Waals surface area contributed by atoms with E-state index in [-0.39, 0.29) is 17.5 Å². The number of aryl methyl sites for hydroxylation is 1. The number of hydrogen-bond acceptors (Lipinski definition) is 4. The van der Waals surface area contributed by atoms with Gasteiger partial charge >= 0.3 is 0 Å². The van der Waals surface area contributed by atoms with Gasteiger partial charge in [0.1, 0.15) is 0 Å². The Kier molecular flexibility index (Phi) is 3.77. The summed E-state index contributed by atoms with van der Waals surface area (Å²) in [4.78, 5) is 22.8. The minimum atomic E-state index is -0.469. The Balaban J connectivity index is 1.76. The minimum absolute atomic E-state index is 0.0199. The fourth-order valence-electron chi connectivity index (χ4n) is 3.40. The predicted molar refractivity (Wildman–Crippen MR) is 95.0 cm³/mol.